The van der Waals surface area contributed by atoms with Gasteiger partial charge in [0.2, 0.25) is 0 Å². The van der Waals surface area contributed by atoms with E-state index < -0.39 is 5.91 Å². The Bertz CT molecular complexity index is 659. The van der Waals surface area contributed by atoms with Crippen molar-refractivity contribution in [3.63, 3.8) is 0 Å². The van der Waals surface area contributed by atoms with Gasteiger partial charge in [-0.2, -0.15) is 0 Å². The lowest BCUT2D eigenvalue weighted by molar-refractivity contribution is 0.0953. The minimum Gasteiger partial charge on any atom is -0.486 e. The van der Waals surface area contributed by atoms with Crippen LogP contribution in [0.3, 0.4) is 0 Å². The van der Waals surface area contributed by atoms with Crippen LogP contribution < -0.4 is 16.0 Å². The fraction of sp³-hybridized carbons (Fsp3) is 0.0714. The summed E-state index contributed by atoms with van der Waals surface area (Å²) >= 11 is 9.36. The first-order valence-corrected chi connectivity index (χ1v) is 7.05. The lowest BCUT2D eigenvalue weighted by Gasteiger charge is -2.12. The molecule has 0 aromatic heterocycles. The monoisotopic (exact) mass is 372 g/mol. The van der Waals surface area contributed by atoms with Crippen LogP contribution in [0.1, 0.15) is 15.9 Å². The Labute approximate surface area is 134 Å². The van der Waals surface area contributed by atoms with Crippen molar-refractivity contribution < 1.29 is 13.9 Å². The van der Waals surface area contributed by atoms with Crippen LogP contribution in [-0.2, 0) is 6.61 Å². The summed E-state index contributed by atoms with van der Waals surface area (Å²) in [5.74, 6) is 4.64. The quantitative estimate of drug-likeness (QED) is 0.490. The van der Waals surface area contributed by atoms with Crippen molar-refractivity contribution >= 4 is 33.4 Å². The number of amides is 1. The number of nitrogen functional groups attached to an aromatic ring is 1. The van der Waals surface area contributed by atoms with Gasteiger partial charge in [0.05, 0.1) is 9.50 Å². The van der Waals surface area contributed by atoms with E-state index in [0.717, 1.165) is 0 Å². The van der Waals surface area contributed by atoms with Gasteiger partial charge in [-0.1, -0.05) is 23.7 Å². The lowest BCUT2D eigenvalue weighted by atomic mass is 10.2. The number of carbonyl (C=O) groups excluding carboxylic acids is 1. The molecule has 7 heteroatoms. The smallest absolute Gasteiger partial charge is 0.265 e. The van der Waals surface area contributed by atoms with Crippen molar-refractivity contribution in [2.45, 2.75) is 6.61 Å². The average molecular weight is 374 g/mol. The van der Waals surface area contributed by atoms with Crippen molar-refractivity contribution in [2.75, 3.05) is 0 Å². The number of ether oxygens (including phenoxy) is 1. The molecule has 2 aromatic carbocycles. The average Bonchev–Trinajstić information content (AvgIpc) is 2.45. The normalized spacial score (nSPS) is 10.3. The minimum atomic E-state index is -0.464. The molecule has 2 rings (SSSR count). The third kappa shape index (κ3) is 3.93. The van der Waals surface area contributed by atoms with Gasteiger partial charge in [0.15, 0.2) is 5.75 Å². The Kier molecular flexibility index (Phi) is 5.17. The van der Waals surface area contributed by atoms with E-state index in [2.05, 4.69) is 15.9 Å². The number of nitrogens with two attached hydrogens (primary N) is 1. The standard InChI is InChI=1S/C14H11BrClFN2O2/c15-11-5-9(14(20)19-18)6-12(16)13(11)21-7-8-2-1-3-10(17)4-8/h1-6H,7,18H2,(H,19,20). The topological polar surface area (TPSA) is 64.3 Å². The Morgan fingerprint density at radius 1 is 1.38 bits per heavy atom. The van der Waals surface area contributed by atoms with Crippen LogP contribution in [0.15, 0.2) is 40.9 Å². The summed E-state index contributed by atoms with van der Waals surface area (Å²) in [6.07, 6.45) is 0. The molecule has 0 atom stereocenters. The number of carbonyl (C=O) groups is 1. The maximum atomic E-state index is 13.1. The van der Waals surface area contributed by atoms with Crippen LogP contribution in [0.5, 0.6) is 5.75 Å². The number of hydrogen-bond acceptors (Lipinski definition) is 3. The highest BCUT2D eigenvalue weighted by Crippen LogP contribution is 2.35. The molecule has 3 N–H and O–H groups in total. The van der Waals surface area contributed by atoms with Crippen LogP contribution in [-0.4, -0.2) is 5.91 Å². The van der Waals surface area contributed by atoms with Crippen molar-refractivity contribution in [1.82, 2.24) is 5.43 Å². The third-order valence-electron chi connectivity index (χ3n) is 2.66. The van der Waals surface area contributed by atoms with E-state index in [0.29, 0.717) is 21.3 Å². The molecular formula is C14H11BrClFN2O2. The van der Waals surface area contributed by atoms with Gasteiger partial charge in [-0.3, -0.25) is 10.2 Å². The molecule has 0 aliphatic carbocycles. The number of halogens is 3. The predicted molar refractivity (Wildman–Crippen MR) is 81.5 cm³/mol. The molecule has 1 amide bonds. The van der Waals surface area contributed by atoms with E-state index in [9.17, 15) is 9.18 Å². The molecule has 0 bridgehead atoms. The summed E-state index contributed by atoms with van der Waals surface area (Å²) in [5, 5.41) is 0.249. The number of benzene rings is 2. The molecule has 0 unspecified atom stereocenters. The van der Waals surface area contributed by atoms with Gasteiger partial charge >= 0.3 is 0 Å². The molecule has 0 aliphatic heterocycles. The molecule has 0 fully saturated rings. The highest BCUT2D eigenvalue weighted by molar-refractivity contribution is 9.10. The first-order valence-electron chi connectivity index (χ1n) is 5.88. The summed E-state index contributed by atoms with van der Waals surface area (Å²) in [5.41, 5.74) is 2.99. The second-order valence-electron chi connectivity index (χ2n) is 4.16. The SMILES string of the molecule is NNC(=O)c1cc(Cl)c(OCc2cccc(F)c2)c(Br)c1. The molecule has 0 saturated carbocycles. The van der Waals surface area contributed by atoms with Crippen molar-refractivity contribution in [3.05, 3.63) is 62.8 Å². The van der Waals surface area contributed by atoms with Crippen molar-refractivity contribution in [1.29, 1.82) is 0 Å². The first kappa shape index (κ1) is 15.8. The van der Waals surface area contributed by atoms with E-state index in [4.69, 9.17) is 22.2 Å². The number of nitrogens with one attached hydrogen (secondary N) is 1. The van der Waals surface area contributed by atoms with Gasteiger partial charge in [0.25, 0.3) is 5.91 Å². The van der Waals surface area contributed by atoms with Gasteiger partial charge in [-0.25, -0.2) is 10.2 Å². The second kappa shape index (κ2) is 6.89. The van der Waals surface area contributed by atoms with E-state index in [-0.39, 0.29) is 17.4 Å². The predicted octanol–water partition coefficient (Wildman–Crippen LogP) is 3.42. The zero-order chi connectivity index (χ0) is 15.4. The second-order valence-corrected chi connectivity index (χ2v) is 5.42. The zero-order valence-electron chi connectivity index (χ0n) is 10.7. The Morgan fingerprint density at radius 2 is 2.14 bits per heavy atom. The van der Waals surface area contributed by atoms with Gasteiger partial charge < -0.3 is 4.74 Å². The van der Waals surface area contributed by atoms with Crippen LogP contribution >= 0.6 is 27.5 Å². The van der Waals surface area contributed by atoms with Crippen LogP contribution in [0, 0.1) is 5.82 Å². The van der Waals surface area contributed by atoms with Gasteiger partial charge in [-0.05, 0) is 45.8 Å². The highest BCUT2D eigenvalue weighted by atomic mass is 79.9. The van der Waals surface area contributed by atoms with Gasteiger partial charge in [-0.15, -0.1) is 0 Å². The summed E-state index contributed by atoms with van der Waals surface area (Å²) in [6, 6.07) is 9.04. The fourth-order valence-electron chi connectivity index (χ4n) is 1.69. The first-order chi connectivity index (χ1) is 10.0. The van der Waals surface area contributed by atoms with E-state index in [1.165, 1.54) is 24.3 Å². The Morgan fingerprint density at radius 3 is 2.76 bits per heavy atom. The molecule has 110 valence electrons. The molecule has 0 radical (unpaired) electrons. The molecule has 2 aromatic rings. The minimum absolute atomic E-state index is 0.151. The number of hydrazine groups is 1. The van der Waals surface area contributed by atoms with Crippen molar-refractivity contribution in [2.24, 2.45) is 5.84 Å². The molecule has 4 nitrogen and oxygen atoms in total. The fourth-order valence-corrected chi connectivity index (χ4v) is 2.66. The van der Waals surface area contributed by atoms with Crippen LogP contribution in [0.25, 0.3) is 0 Å². The summed E-state index contributed by atoms with van der Waals surface area (Å²) in [4.78, 5) is 11.4. The third-order valence-corrected chi connectivity index (χ3v) is 3.53. The summed E-state index contributed by atoms with van der Waals surface area (Å²) < 4.78 is 19.2. The highest BCUT2D eigenvalue weighted by Gasteiger charge is 2.13. The van der Waals surface area contributed by atoms with Crippen LogP contribution in [0.4, 0.5) is 4.39 Å². The molecule has 0 saturated heterocycles. The lowest BCUT2D eigenvalue weighted by Crippen LogP contribution is -2.29. The molecule has 21 heavy (non-hydrogen) atoms. The Hall–Kier alpha value is -1.63. The van der Waals surface area contributed by atoms with Gasteiger partial charge in [0, 0.05) is 5.56 Å². The number of rotatable bonds is 4. The molecule has 0 heterocycles. The maximum absolute atomic E-state index is 13.1. The maximum Gasteiger partial charge on any atom is 0.265 e. The molecule has 0 spiro atoms. The Balaban J connectivity index is 2.19. The van der Waals surface area contributed by atoms with Crippen LogP contribution in [0.2, 0.25) is 5.02 Å². The van der Waals surface area contributed by atoms with E-state index >= 15 is 0 Å². The van der Waals surface area contributed by atoms with Gasteiger partial charge in [0.1, 0.15) is 12.4 Å². The summed E-state index contributed by atoms with van der Waals surface area (Å²) in [6.45, 7) is 0.151. The molecule has 0 aliphatic rings. The summed E-state index contributed by atoms with van der Waals surface area (Å²) in [7, 11) is 0. The van der Waals surface area contributed by atoms with Crippen molar-refractivity contribution in [3.8, 4) is 5.75 Å². The van der Waals surface area contributed by atoms with E-state index in [1.54, 1.807) is 12.1 Å². The number of hydrogen-bond donors (Lipinski definition) is 2. The molecular weight excluding hydrogens is 363 g/mol. The zero-order valence-corrected chi connectivity index (χ0v) is 13.0. The largest absolute Gasteiger partial charge is 0.486 e. The van der Waals surface area contributed by atoms with E-state index in [1.807, 2.05) is 5.43 Å².